The van der Waals surface area contributed by atoms with Gasteiger partial charge in [-0.1, -0.05) is 30.3 Å². The summed E-state index contributed by atoms with van der Waals surface area (Å²) in [7, 11) is 0. The predicted octanol–water partition coefficient (Wildman–Crippen LogP) is 1.56. The quantitative estimate of drug-likeness (QED) is 0.915. The van der Waals surface area contributed by atoms with E-state index in [0.717, 1.165) is 51.0 Å². The fourth-order valence-corrected chi connectivity index (χ4v) is 4.85. The molecule has 0 spiro atoms. The standard InChI is InChI=1S/C19H29N3O/c20-15-19(6-8-23-9-7-19)22-13-17-11-21(12-18(17)14-22)10-16-4-2-1-3-5-16/h1-5,17-18H,6-15,20H2. The van der Waals surface area contributed by atoms with Gasteiger partial charge in [-0.05, 0) is 30.2 Å². The van der Waals surface area contributed by atoms with E-state index in [0.29, 0.717) is 0 Å². The Morgan fingerprint density at radius 2 is 1.65 bits per heavy atom. The molecule has 3 heterocycles. The van der Waals surface area contributed by atoms with Gasteiger partial charge in [0.25, 0.3) is 0 Å². The van der Waals surface area contributed by atoms with E-state index in [-0.39, 0.29) is 5.54 Å². The smallest absolute Gasteiger partial charge is 0.0484 e. The average Bonchev–Trinajstić information content (AvgIpc) is 3.15. The summed E-state index contributed by atoms with van der Waals surface area (Å²) in [6.45, 7) is 8.58. The van der Waals surface area contributed by atoms with Gasteiger partial charge in [0.1, 0.15) is 0 Å². The Labute approximate surface area is 139 Å². The molecule has 4 heteroatoms. The third kappa shape index (κ3) is 3.05. The molecule has 3 saturated heterocycles. The van der Waals surface area contributed by atoms with Crippen LogP contribution in [0.5, 0.6) is 0 Å². The Morgan fingerprint density at radius 3 is 2.26 bits per heavy atom. The number of ether oxygens (including phenoxy) is 1. The first kappa shape index (κ1) is 15.6. The maximum Gasteiger partial charge on any atom is 0.0484 e. The molecular weight excluding hydrogens is 286 g/mol. The van der Waals surface area contributed by atoms with Crippen LogP contribution < -0.4 is 5.73 Å². The van der Waals surface area contributed by atoms with Gasteiger partial charge in [-0.15, -0.1) is 0 Å². The second kappa shape index (κ2) is 6.52. The van der Waals surface area contributed by atoms with E-state index >= 15 is 0 Å². The van der Waals surface area contributed by atoms with E-state index < -0.39 is 0 Å². The van der Waals surface area contributed by atoms with Crippen molar-refractivity contribution in [2.45, 2.75) is 24.9 Å². The third-order valence-electron chi connectivity index (χ3n) is 6.29. The molecule has 0 radical (unpaired) electrons. The molecular formula is C19H29N3O. The molecule has 4 nitrogen and oxygen atoms in total. The first-order valence-electron chi connectivity index (χ1n) is 9.08. The van der Waals surface area contributed by atoms with Gasteiger partial charge in [0.15, 0.2) is 0 Å². The summed E-state index contributed by atoms with van der Waals surface area (Å²) in [6, 6.07) is 10.9. The van der Waals surface area contributed by atoms with E-state index in [1.165, 1.54) is 31.7 Å². The lowest BCUT2D eigenvalue weighted by atomic mass is 9.88. The maximum absolute atomic E-state index is 6.19. The number of hydrogen-bond donors (Lipinski definition) is 1. The molecule has 2 N–H and O–H groups in total. The lowest BCUT2D eigenvalue weighted by Gasteiger charge is -2.44. The van der Waals surface area contributed by atoms with Crippen LogP contribution in [-0.2, 0) is 11.3 Å². The first-order chi connectivity index (χ1) is 11.3. The van der Waals surface area contributed by atoms with Gasteiger partial charge in [-0.3, -0.25) is 9.80 Å². The molecule has 3 aliphatic rings. The van der Waals surface area contributed by atoms with Crippen molar-refractivity contribution in [3.8, 4) is 0 Å². The summed E-state index contributed by atoms with van der Waals surface area (Å²) in [5.41, 5.74) is 7.84. The lowest BCUT2D eigenvalue weighted by Crippen LogP contribution is -2.56. The molecule has 0 aliphatic carbocycles. The lowest BCUT2D eigenvalue weighted by molar-refractivity contribution is -0.0184. The zero-order valence-electron chi connectivity index (χ0n) is 14.0. The number of rotatable bonds is 4. The van der Waals surface area contributed by atoms with Gasteiger partial charge in [-0.25, -0.2) is 0 Å². The van der Waals surface area contributed by atoms with Gasteiger partial charge < -0.3 is 10.5 Å². The molecule has 4 rings (SSSR count). The van der Waals surface area contributed by atoms with E-state index in [4.69, 9.17) is 10.5 Å². The van der Waals surface area contributed by atoms with Crippen molar-refractivity contribution in [2.75, 3.05) is 45.9 Å². The normalized spacial score (nSPS) is 31.3. The largest absolute Gasteiger partial charge is 0.381 e. The highest BCUT2D eigenvalue weighted by atomic mass is 16.5. The van der Waals surface area contributed by atoms with Gasteiger partial charge >= 0.3 is 0 Å². The van der Waals surface area contributed by atoms with Crippen LogP contribution in [0.1, 0.15) is 18.4 Å². The highest BCUT2D eigenvalue weighted by molar-refractivity contribution is 5.15. The molecule has 0 amide bonds. The number of hydrogen-bond acceptors (Lipinski definition) is 4. The molecule has 2 unspecified atom stereocenters. The summed E-state index contributed by atoms with van der Waals surface area (Å²) in [6.07, 6.45) is 2.22. The highest BCUT2D eigenvalue weighted by Gasteiger charge is 2.47. The molecule has 3 aliphatic heterocycles. The van der Waals surface area contributed by atoms with Crippen LogP contribution in [0.3, 0.4) is 0 Å². The number of nitrogens with zero attached hydrogens (tertiary/aromatic N) is 2. The SMILES string of the molecule is NCC1(N2CC3CN(Cc4ccccc4)CC3C2)CCOCC1. The van der Waals surface area contributed by atoms with Crippen molar-refractivity contribution in [2.24, 2.45) is 17.6 Å². The van der Waals surface area contributed by atoms with E-state index in [2.05, 4.69) is 40.1 Å². The van der Waals surface area contributed by atoms with E-state index in [1.807, 2.05) is 0 Å². The van der Waals surface area contributed by atoms with Gasteiger partial charge in [-0.2, -0.15) is 0 Å². The van der Waals surface area contributed by atoms with Crippen molar-refractivity contribution in [3.63, 3.8) is 0 Å². The van der Waals surface area contributed by atoms with Crippen LogP contribution in [0.25, 0.3) is 0 Å². The summed E-state index contributed by atoms with van der Waals surface area (Å²) in [4.78, 5) is 5.35. The number of benzene rings is 1. The van der Waals surface area contributed by atoms with Crippen molar-refractivity contribution in [3.05, 3.63) is 35.9 Å². The molecule has 1 aromatic carbocycles. The van der Waals surface area contributed by atoms with Crippen molar-refractivity contribution in [1.82, 2.24) is 9.80 Å². The summed E-state index contributed by atoms with van der Waals surface area (Å²) in [5.74, 6) is 1.65. The Hall–Kier alpha value is -0.940. The number of fused-ring (bicyclic) bond motifs is 1. The van der Waals surface area contributed by atoms with E-state index in [1.54, 1.807) is 0 Å². The van der Waals surface area contributed by atoms with Crippen LogP contribution in [0.15, 0.2) is 30.3 Å². The zero-order valence-corrected chi connectivity index (χ0v) is 14.0. The molecule has 1 aromatic rings. The second-order valence-electron chi connectivity index (χ2n) is 7.65. The molecule has 23 heavy (non-hydrogen) atoms. The summed E-state index contributed by atoms with van der Waals surface area (Å²) < 4.78 is 5.57. The Bertz CT molecular complexity index is 501. The van der Waals surface area contributed by atoms with Crippen LogP contribution in [-0.4, -0.2) is 61.3 Å². The zero-order chi connectivity index (χ0) is 15.7. The van der Waals surface area contributed by atoms with Crippen LogP contribution in [0.2, 0.25) is 0 Å². The van der Waals surface area contributed by atoms with Gasteiger partial charge in [0.2, 0.25) is 0 Å². The molecule has 126 valence electrons. The first-order valence-corrected chi connectivity index (χ1v) is 9.08. The summed E-state index contributed by atoms with van der Waals surface area (Å²) >= 11 is 0. The fraction of sp³-hybridized carbons (Fsp3) is 0.684. The Morgan fingerprint density at radius 1 is 1.00 bits per heavy atom. The predicted molar refractivity (Wildman–Crippen MR) is 92.1 cm³/mol. The Kier molecular flexibility index (Phi) is 4.41. The van der Waals surface area contributed by atoms with Crippen LogP contribution in [0, 0.1) is 11.8 Å². The average molecular weight is 315 g/mol. The molecule has 2 atom stereocenters. The number of nitrogens with two attached hydrogens (primary N) is 1. The van der Waals surface area contributed by atoms with Gasteiger partial charge in [0.05, 0.1) is 0 Å². The topological polar surface area (TPSA) is 41.7 Å². The van der Waals surface area contributed by atoms with Crippen LogP contribution in [0.4, 0.5) is 0 Å². The third-order valence-corrected chi connectivity index (χ3v) is 6.29. The van der Waals surface area contributed by atoms with Crippen molar-refractivity contribution in [1.29, 1.82) is 0 Å². The van der Waals surface area contributed by atoms with Crippen molar-refractivity contribution < 1.29 is 4.74 Å². The monoisotopic (exact) mass is 315 g/mol. The summed E-state index contributed by atoms with van der Waals surface area (Å²) in [5, 5.41) is 0. The fourth-order valence-electron chi connectivity index (χ4n) is 4.85. The van der Waals surface area contributed by atoms with E-state index in [9.17, 15) is 0 Å². The molecule has 0 aromatic heterocycles. The second-order valence-corrected chi connectivity index (χ2v) is 7.65. The highest BCUT2D eigenvalue weighted by Crippen LogP contribution is 2.38. The number of likely N-dealkylation sites (tertiary alicyclic amines) is 2. The maximum atomic E-state index is 6.19. The molecule has 0 bridgehead atoms. The minimum absolute atomic E-state index is 0.215. The van der Waals surface area contributed by atoms with Crippen molar-refractivity contribution >= 4 is 0 Å². The Balaban J connectivity index is 1.36. The van der Waals surface area contributed by atoms with Crippen LogP contribution >= 0.6 is 0 Å². The molecule has 0 saturated carbocycles. The van der Waals surface area contributed by atoms with Gasteiger partial charge in [0, 0.05) is 58.0 Å². The minimum Gasteiger partial charge on any atom is -0.381 e. The minimum atomic E-state index is 0.215. The molecule has 3 fully saturated rings.